The molecule has 0 spiro atoms. The number of nitrogens with one attached hydrogen (secondary N) is 1. The molecule has 1 amide bonds. The minimum atomic E-state index is -0.215. The molecule has 1 N–H and O–H groups in total. The normalized spacial score (nSPS) is 13.2. The first-order valence-corrected chi connectivity index (χ1v) is 6.39. The third-order valence-electron chi connectivity index (χ3n) is 3.10. The highest BCUT2D eigenvalue weighted by Gasteiger charge is 2.19. The van der Waals surface area contributed by atoms with Gasteiger partial charge in [-0.25, -0.2) is 4.39 Å². The van der Waals surface area contributed by atoms with Crippen molar-refractivity contribution in [2.24, 2.45) is 0 Å². The average molecular weight is 287 g/mol. The van der Waals surface area contributed by atoms with Crippen molar-refractivity contribution < 1.29 is 9.18 Å². The third-order valence-corrected chi connectivity index (χ3v) is 3.10. The summed E-state index contributed by atoms with van der Waals surface area (Å²) in [5.74, 6) is -0.165. The number of anilines is 1. The Morgan fingerprint density at radius 2 is 2.21 bits per heavy atom. The quantitative estimate of drug-likeness (QED) is 0.922. The van der Waals surface area contributed by atoms with Gasteiger partial charge in [0.2, 0.25) is 5.91 Å². The maximum Gasteiger partial charge on any atom is 0.221 e. The van der Waals surface area contributed by atoms with Crippen LogP contribution in [0.5, 0.6) is 0 Å². The second-order valence-electron chi connectivity index (χ2n) is 4.98. The molecule has 1 aliphatic heterocycles. The summed E-state index contributed by atoms with van der Waals surface area (Å²) in [4.78, 5) is 13.7. The number of amides is 1. The Bertz CT molecular complexity index is 451. The largest absolute Gasteiger partial charge is 0.370 e. The molecule has 0 bridgehead atoms. The molecule has 0 aliphatic carbocycles. The molecular formula is C14H20ClFN2O. The van der Waals surface area contributed by atoms with Gasteiger partial charge in [-0.15, -0.1) is 12.4 Å². The van der Waals surface area contributed by atoms with Crippen molar-refractivity contribution in [3.05, 3.63) is 29.6 Å². The van der Waals surface area contributed by atoms with Crippen LogP contribution in [0, 0.1) is 5.82 Å². The van der Waals surface area contributed by atoms with Gasteiger partial charge in [-0.05, 0) is 38.0 Å². The van der Waals surface area contributed by atoms with E-state index in [9.17, 15) is 9.18 Å². The maximum atomic E-state index is 13.2. The second-order valence-corrected chi connectivity index (χ2v) is 4.98. The summed E-state index contributed by atoms with van der Waals surface area (Å²) in [6.07, 6.45) is 1.38. The summed E-state index contributed by atoms with van der Waals surface area (Å²) < 4.78 is 13.2. The van der Waals surface area contributed by atoms with Crippen molar-refractivity contribution in [1.29, 1.82) is 0 Å². The number of fused-ring (bicyclic) bond motifs is 1. The minimum Gasteiger partial charge on any atom is -0.370 e. The minimum absolute atomic E-state index is 0. The van der Waals surface area contributed by atoms with E-state index in [4.69, 9.17) is 0 Å². The first kappa shape index (κ1) is 15.8. The summed E-state index contributed by atoms with van der Waals surface area (Å²) in [6.45, 7) is 5.40. The highest BCUT2D eigenvalue weighted by molar-refractivity contribution is 5.85. The molecular weight excluding hydrogens is 267 g/mol. The van der Waals surface area contributed by atoms with E-state index in [2.05, 4.69) is 10.2 Å². The molecule has 2 rings (SSSR count). The number of hydrogen-bond donors (Lipinski definition) is 1. The summed E-state index contributed by atoms with van der Waals surface area (Å²) in [7, 11) is 0. The number of carbonyl (C=O) groups excluding carboxylic acids is 1. The fourth-order valence-corrected chi connectivity index (χ4v) is 2.28. The summed E-state index contributed by atoms with van der Waals surface area (Å²) in [5.41, 5.74) is 2.10. The molecule has 0 saturated heterocycles. The van der Waals surface area contributed by atoms with Crippen molar-refractivity contribution >= 4 is 24.0 Å². The molecule has 1 heterocycles. The van der Waals surface area contributed by atoms with Crippen molar-refractivity contribution in [2.45, 2.75) is 32.7 Å². The number of hydrogen-bond acceptors (Lipinski definition) is 2. The van der Waals surface area contributed by atoms with Crippen molar-refractivity contribution in [3.8, 4) is 0 Å². The second kappa shape index (κ2) is 6.75. The zero-order chi connectivity index (χ0) is 13.1. The van der Waals surface area contributed by atoms with Crippen molar-refractivity contribution in [1.82, 2.24) is 5.32 Å². The van der Waals surface area contributed by atoms with Gasteiger partial charge in [0.25, 0.3) is 0 Å². The van der Waals surface area contributed by atoms with Crippen LogP contribution in [0.3, 0.4) is 0 Å². The lowest BCUT2D eigenvalue weighted by Crippen LogP contribution is -2.33. The zero-order valence-electron chi connectivity index (χ0n) is 11.3. The van der Waals surface area contributed by atoms with Crippen molar-refractivity contribution in [2.75, 3.05) is 18.0 Å². The van der Waals surface area contributed by atoms with Gasteiger partial charge in [0.1, 0.15) is 5.82 Å². The highest BCUT2D eigenvalue weighted by Crippen LogP contribution is 2.28. The van der Waals surface area contributed by atoms with Gasteiger partial charge in [-0.2, -0.15) is 0 Å². The van der Waals surface area contributed by atoms with Crippen LogP contribution < -0.4 is 10.2 Å². The van der Waals surface area contributed by atoms with E-state index in [-0.39, 0.29) is 30.2 Å². The lowest BCUT2D eigenvalue weighted by atomic mass is 10.2. The topological polar surface area (TPSA) is 32.3 Å². The van der Waals surface area contributed by atoms with E-state index in [1.807, 2.05) is 19.9 Å². The molecule has 1 aromatic carbocycles. The molecule has 5 heteroatoms. The van der Waals surface area contributed by atoms with Gasteiger partial charge in [0.15, 0.2) is 0 Å². The number of benzene rings is 1. The van der Waals surface area contributed by atoms with E-state index in [0.29, 0.717) is 13.0 Å². The highest BCUT2D eigenvalue weighted by atomic mass is 35.5. The van der Waals surface area contributed by atoms with Crippen LogP contribution in [0.4, 0.5) is 10.1 Å². The van der Waals surface area contributed by atoms with Gasteiger partial charge in [-0.1, -0.05) is 6.07 Å². The van der Waals surface area contributed by atoms with Crippen LogP contribution in [0.25, 0.3) is 0 Å². The standard InChI is InChI=1S/C14H19FN2O.ClH/c1-10(2)16-14(18)6-8-17-7-5-11-3-4-12(15)9-13(11)17;/h3-4,9-10H,5-8H2,1-2H3,(H,16,18);1H. The summed E-state index contributed by atoms with van der Waals surface area (Å²) >= 11 is 0. The smallest absolute Gasteiger partial charge is 0.221 e. The molecule has 1 aliphatic rings. The Hall–Kier alpha value is -1.29. The number of carbonyl (C=O) groups is 1. The van der Waals surface area contributed by atoms with Gasteiger partial charge >= 0.3 is 0 Å². The number of nitrogens with zero attached hydrogens (tertiary/aromatic N) is 1. The molecule has 0 saturated carbocycles. The van der Waals surface area contributed by atoms with E-state index in [1.54, 1.807) is 6.07 Å². The fourth-order valence-electron chi connectivity index (χ4n) is 2.28. The lowest BCUT2D eigenvalue weighted by molar-refractivity contribution is -0.121. The van der Waals surface area contributed by atoms with E-state index < -0.39 is 0 Å². The summed E-state index contributed by atoms with van der Waals surface area (Å²) in [5, 5.41) is 2.86. The SMILES string of the molecule is CC(C)NC(=O)CCN1CCc2ccc(F)cc21.Cl. The molecule has 0 fully saturated rings. The van der Waals surface area contributed by atoms with Gasteiger partial charge in [0, 0.05) is 31.2 Å². The van der Waals surface area contributed by atoms with E-state index in [0.717, 1.165) is 18.7 Å². The molecule has 1 aromatic rings. The molecule has 3 nitrogen and oxygen atoms in total. The maximum absolute atomic E-state index is 13.2. The van der Waals surface area contributed by atoms with Gasteiger partial charge in [-0.3, -0.25) is 4.79 Å². The molecule has 0 radical (unpaired) electrons. The molecule has 106 valence electrons. The Balaban J connectivity index is 0.00000180. The summed E-state index contributed by atoms with van der Waals surface area (Å²) in [6, 6.07) is 5.05. The predicted molar refractivity (Wildman–Crippen MR) is 77.5 cm³/mol. The monoisotopic (exact) mass is 286 g/mol. The lowest BCUT2D eigenvalue weighted by Gasteiger charge is -2.19. The van der Waals surface area contributed by atoms with Gasteiger partial charge < -0.3 is 10.2 Å². The molecule has 19 heavy (non-hydrogen) atoms. The Morgan fingerprint density at radius 1 is 1.47 bits per heavy atom. The van der Waals surface area contributed by atoms with Crippen molar-refractivity contribution in [3.63, 3.8) is 0 Å². The van der Waals surface area contributed by atoms with E-state index >= 15 is 0 Å². The van der Waals surface area contributed by atoms with Crippen LogP contribution in [-0.4, -0.2) is 25.0 Å². The van der Waals surface area contributed by atoms with Gasteiger partial charge in [0.05, 0.1) is 0 Å². The van der Waals surface area contributed by atoms with Crippen LogP contribution in [0.15, 0.2) is 18.2 Å². The Kier molecular flexibility index (Phi) is 5.60. The number of rotatable bonds is 4. The Morgan fingerprint density at radius 3 is 2.89 bits per heavy atom. The molecule has 0 unspecified atom stereocenters. The third kappa shape index (κ3) is 4.10. The first-order valence-electron chi connectivity index (χ1n) is 6.39. The van der Waals surface area contributed by atoms with Crippen LogP contribution in [-0.2, 0) is 11.2 Å². The molecule has 0 aromatic heterocycles. The number of halogens is 2. The fraction of sp³-hybridized carbons (Fsp3) is 0.500. The Labute approximate surface area is 119 Å². The van der Waals surface area contributed by atoms with E-state index in [1.165, 1.54) is 11.6 Å². The van der Waals surface area contributed by atoms with Crippen LogP contribution >= 0.6 is 12.4 Å². The molecule has 0 atom stereocenters. The first-order chi connectivity index (χ1) is 8.56. The van der Waals surface area contributed by atoms with Crippen LogP contribution in [0.2, 0.25) is 0 Å². The van der Waals surface area contributed by atoms with Crippen LogP contribution in [0.1, 0.15) is 25.8 Å². The predicted octanol–water partition coefficient (Wildman–Crippen LogP) is 2.52. The average Bonchev–Trinajstić information content (AvgIpc) is 2.68. The zero-order valence-corrected chi connectivity index (χ0v) is 12.1.